The van der Waals surface area contributed by atoms with Crippen LogP contribution in [0.2, 0.25) is 0 Å². The van der Waals surface area contributed by atoms with Crippen molar-refractivity contribution in [2.24, 2.45) is 0 Å². The van der Waals surface area contributed by atoms with E-state index in [9.17, 15) is 9.36 Å². The lowest BCUT2D eigenvalue weighted by Gasteiger charge is -2.22. The Bertz CT molecular complexity index is 820. The van der Waals surface area contributed by atoms with Crippen LogP contribution in [-0.4, -0.2) is 60.0 Å². The van der Waals surface area contributed by atoms with Gasteiger partial charge >= 0.3 is 7.60 Å². The first kappa shape index (κ1) is 18.3. The number of nitrogens with one attached hydrogen (secondary N) is 1. The van der Waals surface area contributed by atoms with E-state index in [-0.39, 0.29) is 23.8 Å². The van der Waals surface area contributed by atoms with Crippen molar-refractivity contribution in [1.29, 1.82) is 5.26 Å². The molecule has 0 fully saturated rings. The van der Waals surface area contributed by atoms with Gasteiger partial charge in [0.05, 0.1) is 24.9 Å². The summed E-state index contributed by atoms with van der Waals surface area (Å²) < 4.78 is 12.8. The summed E-state index contributed by atoms with van der Waals surface area (Å²) in [5.74, 6) is 0. The van der Waals surface area contributed by atoms with E-state index < -0.39 is 7.60 Å². The van der Waals surface area contributed by atoms with Gasteiger partial charge in [0, 0.05) is 26.1 Å². The predicted octanol–water partition coefficient (Wildman–Crippen LogP) is -0.0969. The zero-order chi connectivity index (χ0) is 17.6. The number of hydrogen-bond acceptors (Lipinski definition) is 6. The van der Waals surface area contributed by atoms with Gasteiger partial charge in [0.25, 0.3) is 5.56 Å². The molecule has 2 rings (SSSR count). The fraction of sp³-hybridized carbons (Fsp3) is 0.538. The van der Waals surface area contributed by atoms with E-state index in [2.05, 4.69) is 21.0 Å². The second-order valence-corrected chi connectivity index (χ2v) is 7.11. The van der Waals surface area contributed by atoms with E-state index >= 15 is 0 Å². The first-order valence-corrected chi connectivity index (χ1v) is 9.23. The second-order valence-electron chi connectivity index (χ2n) is 5.33. The van der Waals surface area contributed by atoms with Crippen LogP contribution in [0.15, 0.2) is 17.4 Å². The minimum Gasteiger partial charge on any atom is -0.324 e. The monoisotopic (exact) mass is 354 g/mol. The molecular formula is C13H19N6O4P. The largest absolute Gasteiger partial charge is 0.326 e. The molecule has 130 valence electrons. The lowest BCUT2D eigenvalue weighted by Crippen LogP contribution is -2.31. The highest BCUT2D eigenvalue weighted by molar-refractivity contribution is 7.51. The highest BCUT2D eigenvalue weighted by atomic mass is 31.2. The van der Waals surface area contributed by atoms with Crippen LogP contribution in [-0.2, 0) is 11.1 Å². The Balaban J connectivity index is 2.02. The fourth-order valence-corrected chi connectivity index (χ4v) is 2.84. The highest BCUT2D eigenvalue weighted by Crippen LogP contribution is 2.33. The molecule has 0 aliphatic carbocycles. The first-order valence-electron chi connectivity index (χ1n) is 7.43. The van der Waals surface area contributed by atoms with Gasteiger partial charge in [-0.25, -0.2) is 9.97 Å². The van der Waals surface area contributed by atoms with Crippen molar-refractivity contribution >= 4 is 18.8 Å². The highest BCUT2D eigenvalue weighted by Gasteiger charge is 2.16. The average Bonchev–Trinajstić information content (AvgIpc) is 2.93. The maximum atomic E-state index is 11.6. The van der Waals surface area contributed by atoms with Crippen LogP contribution in [0, 0.1) is 11.3 Å². The number of aromatic nitrogens is 4. The van der Waals surface area contributed by atoms with Crippen molar-refractivity contribution in [3.63, 3.8) is 0 Å². The van der Waals surface area contributed by atoms with Crippen LogP contribution >= 0.6 is 7.60 Å². The van der Waals surface area contributed by atoms with E-state index in [1.165, 1.54) is 12.7 Å². The van der Waals surface area contributed by atoms with Crippen LogP contribution in [0.3, 0.4) is 0 Å². The third kappa shape index (κ3) is 5.25. The number of fused-ring (bicyclic) bond motifs is 1. The Kier molecular flexibility index (Phi) is 6.23. The van der Waals surface area contributed by atoms with E-state index in [0.29, 0.717) is 38.1 Å². The summed E-state index contributed by atoms with van der Waals surface area (Å²) in [5, 5.41) is 8.62. The second kappa shape index (κ2) is 8.17. The molecule has 0 aromatic carbocycles. The summed E-state index contributed by atoms with van der Waals surface area (Å²) in [7, 11) is -4.07. The van der Waals surface area contributed by atoms with Crippen molar-refractivity contribution in [2.45, 2.75) is 19.4 Å². The maximum Gasteiger partial charge on any atom is 0.326 e. The molecule has 0 atom stereocenters. The zero-order valence-electron chi connectivity index (χ0n) is 13.0. The molecule has 2 heterocycles. The number of aromatic amines is 1. The third-order valence-electron chi connectivity index (χ3n) is 3.54. The predicted molar refractivity (Wildman–Crippen MR) is 86.3 cm³/mol. The Labute approximate surface area is 137 Å². The molecule has 0 aliphatic rings. The van der Waals surface area contributed by atoms with Gasteiger partial charge in [0.1, 0.15) is 0 Å². The topological polar surface area (TPSA) is 148 Å². The van der Waals surface area contributed by atoms with Crippen molar-refractivity contribution < 1.29 is 14.4 Å². The fourth-order valence-electron chi connectivity index (χ4n) is 2.29. The Morgan fingerprint density at radius 1 is 1.33 bits per heavy atom. The number of unbranched alkanes of at least 4 members (excludes halogenated alkanes) is 1. The van der Waals surface area contributed by atoms with E-state index in [0.717, 1.165) is 0 Å². The molecule has 10 nitrogen and oxygen atoms in total. The van der Waals surface area contributed by atoms with Gasteiger partial charge in [-0.05, 0) is 13.0 Å². The number of rotatable bonds is 9. The molecule has 0 bridgehead atoms. The summed E-state index contributed by atoms with van der Waals surface area (Å²) in [6.07, 6.45) is 3.60. The van der Waals surface area contributed by atoms with Crippen molar-refractivity contribution in [3.8, 4) is 6.07 Å². The first-order chi connectivity index (χ1) is 11.4. The van der Waals surface area contributed by atoms with Crippen LogP contribution < -0.4 is 5.56 Å². The minimum absolute atomic E-state index is 0.232. The van der Waals surface area contributed by atoms with Gasteiger partial charge in [-0.1, -0.05) is 0 Å². The molecular weight excluding hydrogens is 335 g/mol. The van der Waals surface area contributed by atoms with Crippen LogP contribution in [0.1, 0.15) is 12.8 Å². The number of imidazole rings is 1. The SMILES string of the molecule is N#CCCCN(CCn1cnc2c(=O)[nH]cnc21)CCP(=O)(O)O. The summed E-state index contributed by atoms with van der Waals surface area (Å²) in [6, 6.07) is 2.05. The molecule has 3 N–H and O–H groups in total. The van der Waals surface area contributed by atoms with Gasteiger partial charge in [0.15, 0.2) is 11.2 Å². The molecule has 0 spiro atoms. The summed E-state index contributed by atoms with van der Waals surface area (Å²) >= 11 is 0. The van der Waals surface area contributed by atoms with Crippen LogP contribution in [0.25, 0.3) is 11.2 Å². The molecule has 0 aliphatic heterocycles. The van der Waals surface area contributed by atoms with Crippen molar-refractivity contribution in [1.82, 2.24) is 24.4 Å². The quantitative estimate of drug-likeness (QED) is 0.418. The molecule has 0 saturated carbocycles. The van der Waals surface area contributed by atoms with Crippen LogP contribution in [0.5, 0.6) is 0 Å². The molecule has 11 heteroatoms. The Morgan fingerprint density at radius 3 is 2.83 bits per heavy atom. The lowest BCUT2D eigenvalue weighted by molar-refractivity contribution is 0.267. The number of nitriles is 1. The Morgan fingerprint density at radius 2 is 2.12 bits per heavy atom. The standard InChI is InChI=1S/C13H19N6O4P/c14-3-1-2-4-18(7-8-24(21,22)23)5-6-19-10-17-11-12(19)15-9-16-13(11)20/h9-10H,1-2,4-8H2,(H,15,16,20)(H2,21,22,23). The van der Waals surface area contributed by atoms with Crippen LogP contribution in [0.4, 0.5) is 0 Å². The Hall–Kier alpha value is -2.05. The smallest absolute Gasteiger partial charge is 0.324 e. The summed E-state index contributed by atoms with van der Waals surface area (Å²) in [5.41, 5.74) is 0.403. The summed E-state index contributed by atoms with van der Waals surface area (Å²) in [4.78, 5) is 42.1. The van der Waals surface area contributed by atoms with E-state index in [4.69, 9.17) is 15.0 Å². The zero-order valence-corrected chi connectivity index (χ0v) is 13.9. The maximum absolute atomic E-state index is 11.6. The van der Waals surface area contributed by atoms with E-state index in [1.54, 1.807) is 4.57 Å². The van der Waals surface area contributed by atoms with Gasteiger partial charge in [-0.15, -0.1) is 0 Å². The molecule has 0 radical (unpaired) electrons. The average molecular weight is 354 g/mol. The van der Waals surface area contributed by atoms with Gasteiger partial charge in [-0.3, -0.25) is 9.36 Å². The number of H-pyrrole nitrogens is 1. The normalized spacial score (nSPS) is 11.9. The van der Waals surface area contributed by atoms with Gasteiger partial charge < -0.3 is 24.2 Å². The van der Waals surface area contributed by atoms with Crippen molar-refractivity contribution in [3.05, 3.63) is 23.0 Å². The molecule has 24 heavy (non-hydrogen) atoms. The minimum atomic E-state index is -4.07. The number of hydrogen-bond donors (Lipinski definition) is 3. The van der Waals surface area contributed by atoms with E-state index in [1.807, 2.05) is 4.90 Å². The third-order valence-corrected chi connectivity index (χ3v) is 4.32. The molecule has 0 amide bonds. The van der Waals surface area contributed by atoms with Crippen molar-refractivity contribution in [2.75, 3.05) is 25.8 Å². The molecule has 0 unspecified atom stereocenters. The molecule has 2 aromatic rings. The molecule has 2 aromatic heterocycles. The molecule has 0 saturated heterocycles. The number of nitrogens with zero attached hydrogens (tertiary/aromatic N) is 5. The lowest BCUT2D eigenvalue weighted by atomic mass is 10.3. The summed E-state index contributed by atoms with van der Waals surface area (Å²) in [6.45, 7) is 1.77. The van der Waals surface area contributed by atoms with Gasteiger partial charge in [0.2, 0.25) is 0 Å². The van der Waals surface area contributed by atoms with Gasteiger partial charge in [-0.2, -0.15) is 5.26 Å².